The van der Waals surface area contributed by atoms with E-state index in [0.717, 1.165) is 18.0 Å². The average Bonchev–Trinajstić information content (AvgIpc) is 2.94. The molecule has 4 rings (SSSR count). The monoisotopic (exact) mass is 298 g/mol. The van der Waals surface area contributed by atoms with Gasteiger partial charge in [-0.15, -0.1) is 0 Å². The molecule has 2 aromatic rings. The van der Waals surface area contributed by atoms with Gasteiger partial charge in [0, 0.05) is 24.0 Å². The van der Waals surface area contributed by atoms with Crippen LogP contribution in [0.4, 0.5) is 0 Å². The van der Waals surface area contributed by atoms with E-state index >= 15 is 0 Å². The Labute approximate surface area is 130 Å². The second-order valence-electron chi connectivity index (χ2n) is 6.62. The van der Waals surface area contributed by atoms with Gasteiger partial charge in [-0.1, -0.05) is 30.7 Å². The van der Waals surface area contributed by atoms with E-state index in [1.165, 1.54) is 41.5 Å². The molecule has 2 aliphatic carbocycles. The van der Waals surface area contributed by atoms with E-state index < -0.39 is 0 Å². The maximum atomic E-state index is 6.51. The van der Waals surface area contributed by atoms with Crippen LogP contribution >= 0.6 is 11.6 Å². The number of nitrogens with zero attached hydrogens (tertiary/aromatic N) is 2. The standard InChI is InChI=1S/C18H19ClN2/c1-18-6-2-3-14-4-5-16(19)15(17(14)18)9-13(10-18)11-21-8-7-20-12-21/h4-5,7-9,12H,2-3,6,10-11H2,1H3. The first-order valence-corrected chi connectivity index (χ1v) is 8.01. The third kappa shape index (κ3) is 2.13. The average molecular weight is 299 g/mol. The van der Waals surface area contributed by atoms with Gasteiger partial charge in [0.1, 0.15) is 0 Å². The largest absolute Gasteiger partial charge is 0.333 e. The fourth-order valence-electron chi connectivity index (χ4n) is 4.14. The zero-order valence-electron chi connectivity index (χ0n) is 12.3. The molecule has 0 radical (unpaired) electrons. The Hall–Kier alpha value is -1.54. The van der Waals surface area contributed by atoms with Crippen molar-refractivity contribution in [1.29, 1.82) is 0 Å². The smallest absolute Gasteiger partial charge is 0.0948 e. The van der Waals surface area contributed by atoms with Gasteiger partial charge < -0.3 is 4.57 Å². The topological polar surface area (TPSA) is 17.8 Å². The lowest BCUT2D eigenvalue weighted by Crippen LogP contribution is -2.32. The van der Waals surface area contributed by atoms with E-state index in [-0.39, 0.29) is 5.41 Å². The lowest BCUT2D eigenvalue weighted by molar-refractivity contribution is 0.380. The van der Waals surface area contributed by atoms with E-state index in [2.05, 4.69) is 34.7 Å². The van der Waals surface area contributed by atoms with E-state index in [0.29, 0.717) is 0 Å². The van der Waals surface area contributed by atoms with Crippen molar-refractivity contribution in [2.24, 2.45) is 0 Å². The number of rotatable bonds is 2. The molecule has 1 heterocycles. The molecule has 0 amide bonds. The lowest BCUT2D eigenvalue weighted by atomic mass is 9.64. The van der Waals surface area contributed by atoms with Crippen LogP contribution < -0.4 is 0 Å². The van der Waals surface area contributed by atoms with Crippen molar-refractivity contribution < 1.29 is 0 Å². The summed E-state index contributed by atoms with van der Waals surface area (Å²) in [6.07, 6.45) is 12.9. The molecule has 0 spiro atoms. The summed E-state index contributed by atoms with van der Waals surface area (Å²) < 4.78 is 2.14. The van der Waals surface area contributed by atoms with Crippen LogP contribution in [0.2, 0.25) is 5.02 Å². The summed E-state index contributed by atoms with van der Waals surface area (Å²) in [7, 11) is 0. The third-order valence-electron chi connectivity index (χ3n) is 4.97. The zero-order valence-corrected chi connectivity index (χ0v) is 13.0. The minimum atomic E-state index is 0.248. The molecule has 2 aliphatic rings. The predicted octanol–water partition coefficient (Wildman–Crippen LogP) is 4.62. The zero-order chi connectivity index (χ0) is 14.4. The van der Waals surface area contributed by atoms with Gasteiger partial charge in [0.15, 0.2) is 0 Å². The molecule has 0 aliphatic heterocycles. The summed E-state index contributed by atoms with van der Waals surface area (Å²) >= 11 is 6.51. The number of aryl methyl sites for hydroxylation is 1. The first-order chi connectivity index (χ1) is 10.2. The Morgan fingerprint density at radius 3 is 3.10 bits per heavy atom. The van der Waals surface area contributed by atoms with Crippen molar-refractivity contribution in [3.8, 4) is 0 Å². The maximum Gasteiger partial charge on any atom is 0.0948 e. The van der Waals surface area contributed by atoms with Gasteiger partial charge >= 0.3 is 0 Å². The summed E-state index contributed by atoms with van der Waals surface area (Å²) in [4.78, 5) is 4.14. The van der Waals surface area contributed by atoms with Gasteiger partial charge in [-0.2, -0.15) is 0 Å². The number of hydrogen-bond donors (Lipinski definition) is 0. The van der Waals surface area contributed by atoms with Gasteiger partial charge in [0.25, 0.3) is 0 Å². The Morgan fingerprint density at radius 1 is 1.38 bits per heavy atom. The molecule has 0 saturated heterocycles. The highest BCUT2D eigenvalue weighted by Crippen LogP contribution is 2.48. The molecule has 1 aromatic carbocycles. The summed E-state index contributed by atoms with van der Waals surface area (Å²) in [5, 5.41) is 0.893. The number of aromatic nitrogens is 2. The quantitative estimate of drug-likeness (QED) is 0.791. The molecule has 21 heavy (non-hydrogen) atoms. The molecule has 0 saturated carbocycles. The number of hydrogen-bond acceptors (Lipinski definition) is 1. The number of imidazole rings is 1. The molecule has 3 heteroatoms. The fourth-order valence-corrected chi connectivity index (χ4v) is 4.36. The van der Waals surface area contributed by atoms with Crippen LogP contribution in [0, 0.1) is 0 Å². The Balaban J connectivity index is 1.83. The van der Waals surface area contributed by atoms with Crippen molar-refractivity contribution in [3.05, 3.63) is 58.1 Å². The third-order valence-corrected chi connectivity index (χ3v) is 5.30. The number of benzene rings is 1. The molecular formula is C18H19ClN2. The van der Waals surface area contributed by atoms with Crippen LogP contribution in [0.3, 0.4) is 0 Å². The maximum absolute atomic E-state index is 6.51. The minimum absolute atomic E-state index is 0.248. The fraction of sp³-hybridized carbons (Fsp3) is 0.389. The van der Waals surface area contributed by atoms with Gasteiger partial charge in [0.05, 0.1) is 6.33 Å². The van der Waals surface area contributed by atoms with Crippen LogP contribution in [0.1, 0.15) is 42.9 Å². The van der Waals surface area contributed by atoms with Crippen LogP contribution in [-0.4, -0.2) is 9.55 Å². The van der Waals surface area contributed by atoms with E-state index in [1.54, 1.807) is 0 Å². The highest BCUT2D eigenvalue weighted by molar-refractivity contribution is 6.32. The van der Waals surface area contributed by atoms with E-state index in [9.17, 15) is 0 Å². The molecule has 0 fully saturated rings. The second-order valence-corrected chi connectivity index (χ2v) is 7.03. The molecule has 0 bridgehead atoms. The van der Waals surface area contributed by atoms with Crippen molar-refractivity contribution in [2.45, 2.75) is 44.6 Å². The molecule has 0 N–H and O–H groups in total. The van der Waals surface area contributed by atoms with Gasteiger partial charge in [-0.3, -0.25) is 0 Å². The summed E-state index contributed by atoms with van der Waals surface area (Å²) in [5.41, 5.74) is 5.97. The van der Waals surface area contributed by atoms with E-state index in [1.807, 2.05) is 18.7 Å². The summed E-state index contributed by atoms with van der Waals surface area (Å²) in [5.74, 6) is 0. The van der Waals surface area contributed by atoms with E-state index in [4.69, 9.17) is 11.6 Å². The normalized spacial score (nSPS) is 23.6. The van der Waals surface area contributed by atoms with Crippen molar-refractivity contribution >= 4 is 17.7 Å². The lowest BCUT2D eigenvalue weighted by Gasteiger charge is -2.41. The predicted molar refractivity (Wildman–Crippen MR) is 86.6 cm³/mol. The first kappa shape index (κ1) is 13.1. The molecule has 2 nitrogen and oxygen atoms in total. The van der Waals surface area contributed by atoms with Gasteiger partial charge in [0.2, 0.25) is 0 Å². The molecule has 1 aromatic heterocycles. The van der Waals surface area contributed by atoms with Crippen LogP contribution in [-0.2, 0) is 18.4 Å². The summed E-state index contributed by atoms with van der Waals surface area (Å²) in [6, 6.07) is 4.30. The van der Waals surface area contributed by atoms with Crippen molar-refractivity contribution in [1.82, 2.24) is 9.55 Å². The minimum Gasteiger partial charge on any atom is -0.333 e. The molecular weight excluding hydrogens is 280 g/mol. The Kier molecular flexibility index (Phi) is 2.97. The number of halogens is 1. The number of allylic oxidation sites excluding steroid dienone is 1. The SMILES string of the molecule is CC12CCCc3ccc(Cl)c(c31)C=C(Cn1ccnc1)C2. The molecule has 1 atom stereocenters. The Morgan fingerprint density at radius 2 is 2.29 bits per heavy atom. The molecule has 108 valence electrons. The van der Waals surface area contributed by atoms with Crippen LogP contribution in [0.15, 0.2) is 36.4 Å². The highest BCUT2D eigenvalue weighted by Gasteiger charge is 2.37. The van der Waals surface area contributed by atoms with Crippen LogP contribution in [0.25, 0.3) is 6.08 Å². The first-order valence-electron chi connectivity index (χ1n) is 7.63. The van der Waals surface area contributed by atoms with Gasteiger partial charge in [-0.25, -0.2) is 4.98 Å². The Bertz CT molecular complexity index is 715. The molecule has 1 unspecified atom stereocenters. The van der Waals surface area contributed by atoms with Crippen LogP contribution in [0.5, 0.6) is 0 Å². The highest BCUT2D eigenvalue weighted by atomic mass is 35.5. The van der Waals surface area contributed by atoms with Crippen molar-refractivity contribution in [2.75, 3.05) is 0 Å². The van der Waals surface area contributed by atoms with Gasteiger partial charge in [-0.05, 0) is 59.4 Å². The van der Waals surface area contributed by atoms with Crippen molar-refractivity contribution in [3.63, 3.8) is 0 Å². The second kappa shape index (κ2) is 4.74. The summed E-state index contributed by atoms with van der Waals surface area (Å²) in [6.45, 7) is 3.32.